The molecule has 2 heterocycles. The average Bonchev–Trinajstić information content (AvgIpc) is 2.90. The molecule has 2 rings (SSSR count). The van der Waals surface area contributed by atoms with Crippen LogP contribution in [0.15, 0.2) is 20.9 Å². The molecule has 18 heavy (non-hydrogen) atoms. The standard InChI is InChI=1S/C12H12N4S2/c1-3-8-9(7-13)11(16-15-10(8)4-2)18-12-14-5-6-17-12/h5-6H,3-4H2,1-2H3. The van der Waals surface area contributed by atoms with E-state index in [0.29, 0.717) is 10.6 Å². The Labute approximate surface area is 114 Å². The molecule has 0 aromatic carbocycles. The van der Waals surface area contributed by atoms with Gasteiger partial charge in [-0.1, -0.05) is 13.8 Å². The van der Waals surface area contributed by atoms with E-state index in [4.69, 9.17) is 0 Å². The highest BCUT2D eigenvalue weighted by Crippen LogP contribution is 2.31. The molecule has 6 heteroatoms. The second kappa shape index (κ2) is 5.94. The van der Waals surface area contributed by atoms with Crippen LogP contribution in [0.3, 0.4) is 0 Å². The zero-order chi connectivity index (χ0) is 13.0. The number of aromatic nitrogens is 3. The van der Waals surface area contributed by atoms with E-state index in [1.165, 1.54) is 23.1 Å². The van der Waals surface area contributed by atoms with Gasteiger partial charge in [0.1, 0.15) is 11.1 Å². The van der Waals surface area contributed by atoms with Gasteiger partial charge in [0.15, 0.2) is 4.34 Å². The van der Waals surface area contributed by atoms with Crippen molar-refractivity contribution in [1.29, 1.82) is 5.26 Å². The molecule has 0 saturated carbocycles. The Bertz CT molecular complexity index is 573. The van der Waals surface area contributed by atoms with Crippen LogP contribution in [0.5, 0.6) is 0 Å². The average molecular weight is 276 g/mol. The lowest BCUT2D eigenvalue weighted by Gasteiger charge is -2.08. The lowest BCUT2D eigenvalue weighted by molar-refractivity contribution is 0.817. The molecule has 0 amide bonds. The van der Waals surface area contributed by atoms with Crippen LogP contribution in [-0.4, -0.2) is 15.2 Å². The van der Waals surface area contributed by atoms with Gasteiger partial charge in [-0.2, -0.15) is 10.4 Å². The fourth-order valence-corrected chi connectivity index (χ4v) is 3.27. The van der Waals surface area contributed by atoms with Crippen molar-refractivity contribution in [1.82, 2.24) is 15.2 Å². The molecular formula is C12H12N4S2. The molecule has 0 N–H and O–H groups in total. The van der Waals surface area contributed by atoms with Gasteiger partial charge in [0.2, 0.25) is 0 Å². The second-order valence-electron chi connectivity index (χ2n) is 3.52. The molecule has 4 nitrogen and oxygen atoms in total. The highest BCUT2D eigenvalue weighted by atomic mass is 32.2. The molecular weight excluding hydrogens is 264 g/mol. The molecule has 0 radical (unpaired) electrons. The van der Waals surface area contributed by atoms with Gasteiger partial charge in [-0.05, 0) is 30.2 Å². The van der Waals surface area contributed by atoms with Gasteiger partial charge in [0.25, 0.3) is 0 Å². The maximum absolute atomic E-state index is 9.33. The Morgan fingerprint density at radius 3 is 2.72 bits per heavy atom. The first-order chi connectivity index (χ1) is 8.80. The van der Waals surface area contributed by atoms with E-state index in [-0.39, 0.29) is 0 Å². The Balaban J connectivity index is 2.45. The molecule has 0 spiro atoms. The number of nitrogens with zero attached hydrogens (tertiary/aromatic N) is 4. The van der Waals surface area contributed by atoms with Crippen molar-refractivity contribution in [3.63, 3.8) is 0 Å². The van der Waals surface area contributed by atoms with Crippen molar-refractivity contribution >= 4 is 23.1 Å². The zero-order valence-corrected chi connectivity index (χ0v) is 11.8. The van der Waals surface area contributed by atoms with Crippen LogP contribution in [0, 0.1) is 11.3 Å². The minimum atomic E-state index is 0.643. The molecule has 0 aliphatic carbocycles. The fourth-order valence-electron chi connectivity index (χ4n) is 1.68. The molecule has 0 unspecified atom stereocenters. The summed E-state index contributed by atoms with van der Waals surface area (Å²) in [5.74, 6) is 0. The van der Waals surface area contributed by atoms with Gasteiger partial charge < -0.3 is 0 Å². The highest BCUT2D eigenvalue weighted by molar-refractivity contribution is 8.01. The number of nitriles is 1. The molecule has 0 atom stereocenters. The van der Waals surface area contributed by atoms with Crippen molar-refractivity contribution in [3.05, 3.63) is 28.4 Å². The van der Waals surface area contributed by atoms with Crippen LogP contribution in [-0.2, 0) is 12.8 Å². The van der Waals surface area contributed by atoms with Gasteiger partial charge in [0.05, 0.1) is 11.3 Å². The summed E-state index contributed by atoms with van der Waals surface area (Å²) in [6.07, 6.45) is 3.34. The van der Waals surface area contributed by atoms with Crippen molar-refractivity contribution in [2.24, 2.45) is 0 Å². The molecule has 0 saturated heterocycles. The van der Waals surface area contributed by atoms with Crippen LogP contribution < -0.4 is 0 Å². The third kappa shape index (κ3) is 2.52. The summed E-state index contributed by atoms with van der Waals surface area (Å²) in [5, 5.41) is 20.3. The number of hydrogen-bond donors (Lipinski definition) is 0. The van der Waals surface area contributed by atoms with Crippen molar-refractivity contribution in [3.8, 4) is 6.07 Å². The molecule has 92 valence electrons. The van der Waals surface area contributed by atoms with Crippen molar-refractivity contribution in [2.45, 2.75) is 36.1 Å². The largest absolute Gasteiger partial charge is 0.238 e. The SMILES string of the molecule is CCc1nnc(Sc2nccs2)c(C#N)c1CC. The van der Waals surface area contributed by atoms with Crippen LogP contribution in [0.25, 0.3) is 0 Å². The van der Waals surface area contributed by atoms with Crippen LogP contribution >= 0.6 is 23.1 Å². The number of rotatable bonds is 4. The summed E-state index contributed by atoms with van der Waals surface area (Å²) < 4.78 is 0.882. The summed E-state index contributed by atoms with van der Waals surface area (Å²) in [5.41, 5.74) is 2.57. The van der Waals surface area contributed by atoms with Gasteiger partial charge >= 0.3 is 0 Å². The van der Waals surface area contributed by atoms with Gasteiger partial charge in [-0.15, -0.1) is 16.4 Å². The number of hydrogen-bond acceptors (Lipinski definition) is 6. The number of aryl methyl sites for hydroxylation is 1. The minimum Gasteiger partial charge on any atom is -0.238 e. The molecule has 0 bridgehead atoms. The summed E-state index contributed by atoms with van der Waals surface area (Å²) in [6, 6.07) is 2.26. The van der Waals surface area contributed by atoms with E-state index in [1.807, 2.05) is 19.2 Å². The number of thiazole rings is 1. The smallest absolute Gasteiger partial charge is 0.156 e. The maximum Gasteiger partial charge on any atom is 0.156 e. The highest BCUT2D eigenvalue weighted by Gasteiger charge is 2.15. The Hall–Kier alpha value is -1.45. The quantitative estimate of drug-likeness (QED) is 0.858. The van der Waals surface area contributed by atoms with Crippen molar-refractivity contribution < 1.29 is 0 Å². The molecule has 2 aromatic rings. The summed E-state index contributed by atoms with van der Waals surface area (Å²) >= 11 is 2.94. The summed E-state index contributed by atoms with van der Waals surface area (Å²) in [6.45, 7) is 4.06. The topological polar surface area (TPSA) is 62.5 Å². The normalized spacial score (nSPS) is 10.3. The van der Waals surface area contributed by atoms with E-state index >= 15 is 0 Å². The maximum atomic E-state index is 9.33. The lowest BCUT2D eigenvalue weighted by Crippen LogP contribution is -2.04. The summed E-state index contributed by atoms with van der Waals surface area (Å²) in [4.78, 5) is 4.19. The van der Waals surface area contributed by atoms with E-state index in [9.17, 15) is 5.26 Å². The Morgan fingerprint density at radius 1 is 1.33 bits per heavy atom. The van der Waals surface area contributed by atoms with E-state index in [2.05, 4.69) is 21.3 Å². The third-order valence-electron chi connectivity index (χ3n) is 2.52. The first-order valence-corrected chi connectivity index (χ1v) is 7.35. The summed E-state index contributed by atoms with van der Waals surface area (Å²) in [7, 11) is 0. The third-order valence-corrected chi connectivity index (χ3v) is 4.38. The van der Waals surface area contributed by atoms with Crippen LogP contribution in [0.1, 0.15) is 30.7 Å². The first-order valence-electron chi connectivity index (χ1n) is 5.66. The van der Waals surface area contributed by atoms with E-state index < -0.39 is 0 Å². The molecule has 2 aromatic heterocycles. The van der Waals surface area contributed by atoms with Crippen LogP contribution in [0.4, 0.5) is 0 Å². The molecule has 0 fully saturated rings. The zero-order valence-electron chi connectivity index (χ0n) is 10.2. The second-order valence-corrected chi connectivity index (χ2v) is 5.65. The first kappa shape index (κ1) is 13.0. The van der Waals surface area contributed by atoms with Crippen LogP contribution in [0.2, 0.25) is 0 Å². The van der Waals surface area contributed by atoms with E-state index in [0.717, 1.165) is 28.4 Å². The lowest BCUT2D eigenvalue weighted by atomic mass is 10.1. The van der Waals surface area contributed by atoms with Gasteiger partial charge in [-0.3, -0.25) is 0 Å². The Kier molecular flexibility index (Phi) is 4.28. The fraction of sp³-hybridized carbons (Fsp3) is 0.333. The minimum absolute atomic E-state index is 0.643. The predicted octanol–water partition coefficient (Wildman–Crippen LogP) is 3.08. The monoisotopic (exact) mass is 276 g/mol. The van der Waals surface area contributed by atoms with Crippen molar-refractivity contribution in [2.75, 3.05) is 0 Å². The van der Waals surface area contributed by atoms with E-state index in [1.54, 1.807) is 6.20 Å². The molecule has 0 aliphatic heterocycles. The van der Waals surface area contributed by atoms with Gasteiger partial charge in [0, 0.05) is 11.6 Å². The molecule has 0 aliphatic rings. The Morgan fingerprint density at radius 2 is 2.17 bits per heavy atom. The van der Waals surface area contributed by atoms with Gasteiger partial charge in [-0.25, -0.2) is 4.98 Å². The predicted molar refractivity (Wildman–Crippen MR) is 71.7 cm³/mol.